The summed E-state index contributed by atoms with van der Waals surface area (Å²) in [7, 11) is 0. The topological polar surface area (TPSA) is 117 Å². The smallest absolute Gasteiger partial charge is 0.305 e. The molecule has 1 heterocycles. The fraction of sp³-hybridized carbons (Fsp3) is 0.385. The van der Waals surface area contributed by atoms with Crippen LogP contribution in [0.1, 0.15) is 62.3 Å². The molecule has 1 unspecified atom stereocenters. The number of anilines is 1. The lowest BCUT2D eigenvalue weighted by Crippen LogP contribution is -2.26. The maximum Gasteiger partial charge on any atom is 0.305 e. The number of aromatic nitrogens is 2. The van der Waals surface area contributed by atoms with Gasteiger partial charge in [0.1, 0.15) is 0 Å². The van der Waals surface area contributed by atoms with E-state index in [9.17, 15) is 9.59 Å². The van der Waals surface area contributed by atoms with E-state index >= 15 is 0 Å². The van der Waals surface area contributed by atoms with Crippen LogP contribution < -0.4 is 10.6 Å². The number of carbonyl (C=O) groups is 2. The highest BCUT2D eigenvalue weighted by Gasteiger charge is 2.22. The summed E-state index contributed by atoms with van der Waals surface area (Å²) in [6.07, 6.45) is 1.67. The highest BCUT2D eigenvalue weighted by molar-refractivity contribution is 5.94. The van der Waals surface area contributed by atoms with Crippen molar-refractivity contribution in [2.45, 2.75) is 58.4 Å². The second-order valence-electron chi connectivity index (χ2n) is 9.29. The highest BCUT2D eigenvalue weighted by atomic mass is 16.4. The number of hydrogen-bond acceptors (Lipinski definition) is 6. The molecule has 180 valence electrons. The first-order valence-electron chi connectivity index (χ1n) is 11.5. The van der Waals surface area contributed by atoms with Crippen molar-refractivity contribution in [2.75, 3.05) is 11.9 Å². The average Bonchev–Trinajstić information content (AvgIpc) is 3.30. The monoisotopic (exact) mass is 464 g/mol. The molecule has 0 radical (unpaired) electrons. The second-order valence-corrected chi connectivity index (χ2v) is 9.29. The summed E-state index contributed by atoms with van der Waals surface area (Å²) in [4.78, 5) is 22.7. The maximum absolute atomic E-state index is 12.1. The molecule has 1 amide bonds. The van der Waals surface area contributed by atoms with E-state index in [1.54, 1.807) is 12.1 Å². The van der Waals surface area contributed by atoms with Crippen LogP contribution in [0.4, 0.5) is 5.69 Å². The van der Waals surface area contributed by atoms with Crippen LogP contribution in [0, 0.1) is 0 Å². The maximum atomic E-state index is 12.1. The minimum absolute atomic E-state index is 0.0998. The number of benzene rings is 2. The number of carboxylic acids is 1. The molecular formula is C26H32N4O4. The van der Waals surface area contributed by atoms with Gasteiger partial charge in [-0.1, -0.05) is 39.8 Å². The van der Waals surface area contributed by atoms with E-state index in [1.807, 2.05) is 45.0 Å². The van der Waals surface area contributed by atoms with Crippen molar-refractivity contribution < 1.29 is 19.1 Å². The third-order valence-electron chi connectivity index (χ3n) is 5.38. The van der Waals surface area contributed by atoms with Gasteiger partial charge in [0.05, 0.1) is 6.42 Å². The lowest BCUT2D eigenvalue weighted by atomic mass is 9.97. The molecule has 2 aromatic carbocycles. The SMILES string of the molecule is CCC(Cc1ccc(-c2nnc(C(C)(C)C)o2)cc1)Nc1ccc(C(=O)NCCC(=O)O)cc1. The Morgan fingerprint density at radius 2 is 1.71 bits per heavy atom. The number of rotatable bonds is 10. The number of hydrogen-bond donors (Lipinski definition) is 3. The van der Waals surface area contributed by atoms with E-state index in [0.29, 0.717) is 17.3 Å². The number of carbonyl (C=O) groups excluding carboxylic acids is 1. The zero-order valence-electron chi connectivity index (χ0n) is 20.1. The van der Waals surface area contributed by atoms with Crippen molar-refractivity contribution in [2.24, 2.45) is 0 Å². The van der Waals surface area contributed by atoms with Crippen molar-refractivity contribution >= 4 is 17.6 Å². The van der Waals surface area contributed by atoms with Gasteiger partial charge in [0, 0.05) is 34.8 Å². The molecule has 0 fully saturated rings. The first-order valence-corrected chi connectivity index (χ1v) is 11.5. The quantitative estimate of drug-likeness (QED) is 0.399. The van der Waals surface area contributed by atoms with Crippen molar-refractivity contribution in [1.29, 1.82) is 0 Å². The largest absolute Gasteiger partial charge is 0.481 e. The third kappa shape index (κ3) is 6.91. The minimum atomic E-state index is -0.940. The minimum Gasteiger partial charge on any atom is -0.481 e. The summed E-state index contributed by atoms with van der Waals surface area (Å²) < 4.78 is 5.82. The number of aliphatic carboxylic acids is 1. The molecule has 0 saturated carbocycles. The van der Waals surface area contributed by atoms with Gasteiger partial charge in [-0.2, -0.15) is 0 Å². The Hall–Kier alpha value is -3.68. The first kappa shape index (κ1) is 25.0. The van der Waals surface area contributed by atoms with Crippen LogP contribution in [0.25, 0.3) is 11.5 Å². The zero-order valence-corrected chi connectivity index (χ0v) is 20.1. The highest BCUT2D eigenvalue weighted by Crippen LogP contribution is 2.25. The van der Waals surface area contributed by atoms with Gasteiger partial charge >= 0.3 is 5.97 Å². The molecule has 0 aliphatic heterocycles. The fourth-order valence-electron chi connectivity index (χ4n) is 3.35. The summed E-state index contributed by atoms with van der Waals surface area (Å²) >= 11 is 0. The molecule has 0 saturated heterocycles. The Morgan fingerprint density at radius 3 is 2.26 bits per heavy atom. The molecule has 3 rings (SSSR count). The van der Waals surface area contributed by atoms with E-state index in [2.05, 4.69) is 39.9 Å². The van der Waals surface area contributed by atoms with Gasteiger partial charge in [-0.05, 0) is 54.8 Å². The molecule has 1 atom stereocenters. The molecule has 0 spiro atoms. The number of nitrogens with zero attached hydrogens (tertiary/aromatic N) is 2. The summed E-state index contributed by atoms with van der Waals surface area (Å²) in [5.41, 5.74) is 3.31. The summed E-state index contributed by atoms with van der Waals surface area (Å²) in [5.74, 6) is -0.0838. The van der Waals surface area contributed by atoms with Gasteiger partial charge in [-0.15, -0.1) is 10.2 Å². The molecule has 34 heavy (non-hydrogen) atoms. The molecule has 1 aromatic heterocycles. The van der Waals surface area contributed by atoms with Crippen LogP contribution in [0.2, 0.25) is 0 Å². The predicted octanol–water partition coefficient (Wildman–Crippen LogP) is 4.67. The average molecular weight is 465 g/mol. The summed E-state index contributed by atoms with van der Waals surface area (Å²) in [5, 5.41) is 23.1. The Morgan fingerprint density at radius 1 is 1.03 bits per heavy atom. The second kappa shape index (κ2) is 11.0. The van der Waals surface area contributed by atoms with E-state index < -0.39 is 5.97 Å². The summed E-state index contributed by atoms with van der Waals surface area (Å²) in [6, 6.07) is 15.6. The lowest BCUT2D eigenvalue weighted by molar-refractivity contribution is -0.136. The van der Waals surface area contributed by atoms with Crippen molar-refractivity contribution in [3.8, 4) is 11.5 Å². The predicted molar refractivity (Wildman–Crippen MR) is 131 cm³/mol. The molecule has 8 heteroatoms. The number of carboxylic acid groups (broad SMARTS) is 1. The normalized spacial score (nSPS) is 12.2. The van der Waals surface area contributed by atoms with E-state index in [1.165, 1.54) is 5.56 Å². The van der Waals surface area contributed by atoms with Crippen molar-refractivity contribution in [3.05, 3.63) is 65.5 Å². The third-order valence-corrected chi connectivity index (χ3v) is 5.38. The molecule has 0 bridgehead atoms. The Kier molecular flexibility index (Phi) is 8.04. The molecular weight excluding hydrogens is 432 g/mol. The van der Waals surface area contributed by atoms with E-state index in [0.717, 1.165) is 24.1 Å². The molecule has 3 N–H and O–H groups in total. The van der Waals surface area contributed by atoms with Crippen LogP contribution in [0.5, 0.6) is 0 Å². The van der Waals surface area contributed by atoms with Gasteiger partial charge in [0.2, 0.25) is 11.8 Å². The lowest BCUT2D eigenvalue weighted by Gasteiger charge is -2.19. The zero-order chi connectivity index (χ0) is 24.7. The molecule has 8 nitrogen and oxygen atoms in total. The van der Waals surface area contributed by atoms with Gasteiger partial charge in [0.15, 0.2) is 0 Å². The van der Waals surface area contributed by atoms with E-state index in [4.69, 9.17) is 9.52 Å². The van der Waals surface area contributed by atoms with Crippen molar-refractivity contribution in [1.82, 2.24) is 15.5 Å². The van der Waals surface area contributed by atoms with Crippen LogP contribution in [-0.2, 0) is 16.6 Å². The van der Waals surface area contributed by atoms with Gasteiger partial charge in [-0.25, -0.2) is 0 Å². The molecule has 0 aliphatic rings. The first-order chi connectivity index (χ1) is 16.2. The van der Waals surface area contributed by atoms with Gasteiger partial charge in [-0.3, -0.25) is 9.59 Å². The van der Waals surface area contributed by atoms with Crippen LogP contribution in [0.15, 0.2) is 52.9 Å². The number of amides is 1. The van der Waals surface area contributed by atoms with Gasteiger partial charge in [0.25, 0.3) is 5.91 Å². The summed E-state index contributed by atoms with van der Waals surface area (Å²) in [6.45, 7) is 8.35. The van der Waals surface area contributed by atoms with Crippen LogP contribution >= 0.6 is 0 Å². The van der Waals surface area contributed by atoms with Crippen LogP contribution in [0.3, 0.4) is 0 Å². The molecule has 3 aromatic rings. The van der Waals surface area contributed by atoms with Crippen LogP contribution in [-0.4, -0.2) is 39.8 Å². The Bertz CT molecular complexity index is 1100. The van der Waals surface area contributed by atoms with Crippen molar-refractivity contribution in [3.63, 3.8) is 0 Å². The number of nitrogens with one attached hydrogen (secondary N) is 2. The van der Waals surface area contributed by atoms with Gasteiger partial charge < -0.3 is 20.2 Å². The van der Waals surface area contributed by atoms with E-state index in [-0.39, 0.29) is 30.3 Å². The standard InChI is InChI=1S/C26H32N4O4/c1-5-20(28-21-12-10-18(11-13-21)23(33)27-15-14-22(31)32)16-17-6-8-19(9-7-17)24-29-30-25(34-24)26(2,3)4/h6-13,20,28H,5,14-16H2,1-4H3,(H,27,33)(H,31,32). The molecule has 0 aliphatic carbocycles. The Labute approximate surface area is 199 Å². The Balaban J connectivity index is 1.57. The fourth-order valence-corrected chi connectivity index (χ4v) is 3.35.